The minimum atomic E-state index is -0.00572. The molecule has 4 N–H and O–H groups in total. The van der Waals surface area contributed by atoms with E-state index in [0.717, 1.165) is 56.2 Å². The first-order chi connectivity index (χ1) is 13.2. The second-order valence-corrected chi connectivity index (χ2v) is 8.19. The van der Waals surface area contributed by atoms with E-state index in [4.69, 9.17) is 4.99 Å². The minimum absolute atomic E-state index is 0. The van der Waals surface area contributed by atoms with Crippen molar-refractivity contribution in [1.82, 2.24) is 16.0 Å². The van der Waals surface area contributed by atoms with E-state index in [0.29, 0.717) is 6.54 Å². The van der Waals surface area contributed by atoms with Crippen LogP contribution in [0.1, 0.15) is 61.5 Å². The predicted octanol–water partition coefficient (Wildman–Crippen LogP) is 3.37. The average Bonchev–Trinajstić information content (AvgIpc) is 3.21. The Kier molecular flexibility index (Phi) is 12.7. The molecule has 1 aliphatic carbocycles. The Morgan fingerprint density at radius 2 is 1.96 bits per heavy atom. The monoisotopic (exact) mass is 522 g/mol. The third-order valence-electron chi connectivity index (χ3n) is 5.15. The summed E-state index contributed by atoms with van der Waals surface area (Å²) in [5, 5.41) is 21.0. The lowest BCUT2D eigenvalue weighted by Gasteiger charge is -2.35. The van der Waals surface area contributed by atoms with Crippen LogP contribution in [0.5, 0.6) is 0 Å². The van der Waals surface area contributed by atoms with Gasteiger partial charge in [-0.3, -0.25) is 9.79 Å². The molecule has 0 unspecified atom stereocenters. The summed E-state index contributed by atoms with van der Waals surface area (Å²) in [5.74, 6) is 0.818. The number of carbonyl (C=O) groups is 1. The quantitative estimate of drug-likeness (QED) is 0.164. The van der Waals surface area contributed by atoms with Gasteiger partial charge in [0.15, 0.2) is 5.96 Å². The van der Waals surface area contributed by atoms with Gasteiger partial charge in [0.2, 0.25) is 0 Å². The van der Waals surface area contributed by atoms with E-state index in [2.05, 4.69) is 22.9 Å². The molecule has 0 aliphatic heterocycles. The molecule has 1 saturated carbocycles. The van der Waals surface area contributed by atoms with E-state index >= 15 is 0 Å². The van der Waals surface area contributed by atoms with Crippen LogP contribution in [0.2, 0.25) is 0 Å². The molecule has 0 radical (unpaired) electrons. The van der Waals surface area contributed by atoms with E-state index in [1.54, 1.807) is 0 Å². The van der Waals surface area contributed by atoms with E-state index in [9.17, 15) is 9.90 Å². The number of carbonyl (C=O) groups excluding carboxylic acids is 1. The van der Waals surface area contributed by atoms with Crippen LogP contribution < -0.4 is 16.0 Å². The topological polar surface area (TPSA) is 85.8 Å². The molecule has 2 rings (SSSR count). The molecule has 1 heterocycles. The van der Waals surface area contributed by atoms with E-state index < -0.39 is 0 Å². The molecule has 28 heavy (non-hydrogen) atoms. The number of rotatable bonds is 10. The number of guanidine groups is 1. The van der Waals surface area contributed by atoms with Gasteiger partial charge in [0.25, 0.3) is 5.91 Å². The Bertz CT molecular complexity index is 569. The fourth-order valence-corrected chi connectivity index (χ4v) is 4.25. The van der Waals surface area contributed by atoms with Gasteiger partial charge in [-0.1, -0.05) is 25.3 Å². The van der Waals surface area contributed by atoms with E-state index in [1.807, 2.05) is 17.5 Å². The normalized spacial score (nSPS) is 16.1. The molecular weight excluding hydrogens is 487 g/mol. The maximum atomic E-state index is 11.9. The van der Waals surface area contributed by atoms with Gasteiger partial charge in [-0.25, -0.2) is 0 Å². The van der Waals surface area contributed by atoms with Crippen molar-refractivity contribution >= 4 is 47.2 Å². The molecule has 0 saturated heterocycles. The lowest BCUT2D eigenvalue weighted by molar-refractivity contribution is 0.0957. The molecule has 1 fully saturated rings. The molecule has 6 nitrogen and oxygen atoms in total. The highest BCUT2D eigenvalue weighted by molar-refractivity contribution is 14.0. The summed E-state index contributed by atoms with van der Waals surface area (Å²) in [6.45, 7) is 5.26. The summed E-state index contributed by atoms with van der Waals surface area (Å²) in [6, 6.07) is 3.72. The number of aliphatic hydroxyl groups excluding tert-OH is 1. The molecule has 0 atom stereocenters. The van der Waals surface area contributed by atoms with Crippen molar-refractivity contribution in [3.05, 3.63) is 22.4 Å². The Hall–Kier alpha value is -0.870. The highest BCUT2D eigenvalue weighted by Gasteiger charge is 2.31. The number of hydrogen-bond donors (Lipinski definition) is 4. The number of nitrogens with one attached hydrogen (secondary N) is 3. The number of aliphatic imine (C=N–C) groups is 1. The van der Waals surface area contributed by atoms with Gasteiger partial charge >= 0.3 is 0 Å². The van der Waals surface area contributed by atoms with Crippen LogP contribution in [-0.2, 0) is 0 Å². The zero-order valence-electron chi connectivity index (χ0n) is 16.8. The van der Waals surface area contributed by atoms with Crippen molar-refractivity contribution in [3.63, 3.8) is 0 Å². The lowest BCUT2D eigenvalue weighted by Crippen LogP contribution is -2.40. The number of aliphatic hydroxyl groups is 1. The third-order valence-corrected chi connectivity index (χ3v) is 6.02. The van der Waals surface area contributed by atoms with Crippen LogP contribution in [0.15, 0.2) is 22.5 Å². The number of amides is 1. The summed E-state index contributed by atoms with van der Waals surface area (Å²) in [4.78, 5) is 17.5. The fourth-order valence-electron chi connectivity index (χ4n) is 3.61. The molecule has 1 aliphatic rings. The Morgan fingerprint density at radius 3 is 2.61 bits per heavy atom. The van der Waals surface area contributed by atoms with Gasteiger partial charge in [0.05, 0.1) is 4.88 Å². The highest BCUT2D eigenvalue weighted by atomic mass is 127. The molecule has 0 bridgehead atoms. The number of thiophene rings is 1. The summed E-state index contributed by atoms with van der Waals surface area (Å²) in [7, 11) is 0. The van der Waals surface area contributed by atoms with Crippen LogP contribution >= 0.6 is 35.3 Å². The minimum Gasteiger partial charge on any atom is -0.396 e. The van der Waals surface area contributed by atoms with Crippen LogP contribution in [0.4, 0.5) is 0 Å². The molecule has 1 aromatic heterocycles. The summed E-state index contributed by atoms with van der Waals surface area (Å²) in [5.41, 5.74) is 0.157. The summed E-state index contributed by atoms with van der Waals surface area (Å²) < 4.78 is 0. The summed E-state index contributed by atoms with van der Waals surface area (Å²) >= 11 is 1.46. The van der Waals surface area contributed by atoms with Crippen LogP contribution in [0, 0.1) is 5.41 Å². The summed E-state index contributed by atoms with van der Waals surface area (Å²) in [6.07, 6.45) is 7.77. The number of hydrogen-bond acceptors (Lipinski definition) is 4. The van der Waals surface area contributed by atoms with Gasteiger partial charge in [-0.15, -0.1) is 35.3 Å². The van der Waals surface area contributed by atoms with Gasteiger partial charge < -0.3 is 21.1 Å². The van der Waals surface area contributed by atoms with Crippen LogP contribution in [0.3, 0.4) is 0 Å². The molecule has 0 spiro atoms. The molecule has 1 aromatic rings. The lowest BCUT2D eigenvalue weighted by atomic mass is 9.72. The molecule has 0 aromatic carbocycles. The first-order valence-electron chi connectivity index (χ1n) is 10.1. The Labute approximate surface area is 190 Å². The van der Waals surface area contributed by atoms with Crippen molar-refractivity contribution in [3.8, 4) is 0 Å². The zero-order valence-corrected chi connectivity index (χ0v) is 20.0. The van der Waals surface area contributed by atoms with Crippen molar-refractivity contribution in [2.45, 2.75) is 51.9 Å². The second-order valence-electron chi connectivity index (χ2n) is 7.24. The van der Waals surface area contributed by atoms with Crippen molar-refractivity contribution < 1.29 is 9.90 Å². The first-order valence-corrected chi connectivity index (χ1v) is 11.0. The van der Waals surface area contributed by atoms with Crippen molar-refractivity contribution in [2.24, 2.45) is 10.4 Å². The second kappa shape index (κ2) is 14.2. The predicted molar refractivity (Wildman–Crippen MR) is 128 cm³/mol. The number of halogens is 1. The van der Waals surface area contributed by atoms with Crippen LogP contribution in [-0.4, -0.2) is 49.8 Å². The maximum absolute atomic E-state index is 11.9. The van der Waals surface area contributed by atoms with Crippen molar-refractivity contribution in [1.29, 1.82) is 0 Å². The van der Waals surface area contributed by atoms with Gasteiger partial charge in [-0.2, -0.15) is 0 Å². The van der Waals surface area contributed by atoms with Gasteiger partial charge in [-0.05, 0) is 49.5 Å². The van der Waals surface area contributed by atoms with E-state index in [1.165, 1.54) is 30.6 Å². The molecular formula is C20H35IN4O2S. The van der Waals surface area contributed by atoms with Crippen LogP contribution in [0.25, 0.3) is 0 Å². The largest absolute Gasteiger partial charge is 0.396 e. The van der Waals surface area contributed by atoms with E-state index in [-0.39, 0.29) is 41.9 Å². The highest BCUT2D eigenvalue weighted by Crippen LogP contribution is 2.39. The molecule has 160 valence electrons. The SMILES string of the molecule is CCNC(=NCC1(CCO)CCCCC1)NCCCNC(=O)c1cccs1.I. The van der Waals surface area contributed by atoms with Crippen molar-refractivity contribution in [2.75, 3.05) is 32.8 Å². The first kappa shape index (κ1) is 25.2. The smallest absolute Gasteiger partial charge is 0.261 e. The van der Waals surface area contributed by atoms with Gasteiger partial charge in [0, 0.05) is 32.8 Å². The third kappa shape index (κ3) is 8.65. The number of nitrogens with zero attached hydrogens (tertiary/aromatic N) is 1. The maximum Gasteiger partial charge on any atom is 0.261 e. The average molecular weight is 522 g/mol. The molecule has 8 heteroatoms. The Morgan fingerprint density at radius 1 is 1.21 bits per heavy atom. The molecule has 1 amide bonds. The van der Waals surface area contributed by atoms with Gasteiger partial charge in [0.1, 0.15) is 0 Å². The fraction of sp³-hybridized carbons (Fsp3) is 0.700. The standard InChI is InChI=1S/C20H34N4O2S.HI/c1-2-21-19(24-16-20(11-14-25)9-4-3-5-10-20)23-13-7-12-22-18(26)17-8-6-15-27-17;/h6,8,15,25H,2-5,7,9-14,16H2,1H3,(H,22,26)(H2,21,23,24);1H. The Balaban J connectivity index is 0.00000392. The zero-order chi connectivity index (χ0) is 19.4.